The predicted molar refractivity (Wildman–Crippen MR) is 151 cm³/mol. The molecule has 2 aromatic carbocycles. The summed E-state index contributed by atoms with van der Waals surface area (Å²) >= 11 is 0. The van der Waals surface area contributed by atoms with Gasteiger partial charge in [-0.2, -0.15) is 9.78 Å². The Morgan fingerprint density at radius 1 is 1.07 bits per heavy atom. The summed E-state index contributed by atoms with van der Waals surface area (Å²) in [6.07, 6.45) is 1.35. The molecular weight excluding hydrogens is 566 g/mol. The van der Waals surface area contributed by atoms with Gasteiger partial charge >= 0.3 is 5.97 Å². The highest BCUT2D eigenvalue weighted by molar-refractivity contribution is 7.89. The fraction of sp³-hybridized carbons (Fsp3) is 0.250. The van der Waals surface area contributed by atoms with Crippen molar-refractivity contribution in [2.75, 3.05) is 44.7 Å². The predicted octanol–water partition coefficient (Wildman–Crippen LogP) is 3.13. The summed E-state index contributed by atoms with van der Waals surface area (Å²) in [5, 5.41) is 16.5. The average molecular weight is 596 g/mol. The Bertz CT molecular complexity index is 1660. The number of benzene rings is 2. The first-order valence-corrected chi connectivity index (χ1v) is 14.6. The Morgan fingerprint density at radius 3 is 2.52 bits per heavy atom. The van der Waals surface area contributed by atoms with E-state index < -0.39 is 21.9 Å². The van der Waals surface area contributed by atoms with E-state index in [0.717, 1.165) is 0 Å². The van der Waals surface area contributed by atoms with Gasteiger partial charge in [0.15, 0.2) is 11.5 Å². The van der Waals surface area contributed by atoms with Crippen molar-refractivity contribution in [3.8, 4) is 17.3 Å². The molecule has 0 saturated carbocycles. The van der Waals surface area contributed by atoms with E-state index in [1.165, 1.54) is 42.1 Å². The average Bonchev–Trinajstić information content (AvgIpc) is 3.64. The second kappa shape index (κ2) is 12.6. The standard InChI is InChI=1S/C28H29N5O8S/c1-19-25(28(35)36)31-33(21-6-3-2-4-7-21)27(19)41-22-10-9-20(30-26(34)23-8-5-15-40-23)18-24(22)42(37,38)29-11-12-32-13-16-39-17-14-32/h2-10,15,18,29H,11-14,16-17H2,1H3,(H,30,34)(H,35,36). The number of carboxylic acids is 1. The molecule has 0 unspecified atom stereocenters. The lowest BCUT2D eigenvalue weighted by atomic mass is 10.2. The van der Waals surface area contributed by atoms with Gasteiger partial charge in [0, 0.05) is 37.4 Å². The Morgan fingerprint density at radius 2 is 1.83 bits per heavy atom. The molecule has 5 rings (SSSR count). The van der Waals surface area contributed by atoms with E-state index in [2.05, 4.69) is 20.0 Å². The van der Waals surface area contributed by atoms with E-state index in [1.54, 1.807) is 36.4 Å². The minimum absolute atomic E-state index is 0.0238. The highest BCUT2D eigenvalue weighted by atomic mass is 32.2. The summed E-state index contributed by atoms with van der Waals surface area (Å²) in [7, 11) is -4.18. The smallest absolute Gasteiger partial charge is 0.356 e. The zero-order chi connectivity index (χ0) is 29.7. The number of para-hydroxylation sites is 1. The first-order valence-electron chi connectivity index (χ1n) is 13.1. The summed E-state index contributed by atoms with van der Waals surface area (Å²) < 4.78 is 47.8. The highest BCUT2D eigenvalue weighted by Crippen LogP contribution is 2.35. The van der Waals surface area contributed by atoms with Gasteiger partial charge in [-0.3, -0.25) is 9.69 Å². The monoisotopic (exact) mass is 595 g/mol. The van der Waals surface area contributed by atoms with Crippen molar-refractivity contribution >= 4 is 27.6 Å². The van der Waals surface area contributed by atoms with E-state index in [4.69, 9.17) is 13.9 Å². The highest BCUT2D eigenvalue weighted by Gasteiger charge is 2.27. The number of hydrogen-bond acceptors (Lipinski definition) is 9. The SMILES string of the molecule is Cc1c(C(=O)O)nn(-c2ccccc2)c1Oc1ccc(NC(=O)c2ccco2)cc1S(=O)(=O)NCCN1CCOCC1. The Hall–Kier alpha value is -4.50. The molecule has 4 aromatic rings. The molecular formula is C28H29N5O8S. The van der Waals surface area contributed by atoms with Gasteiger partial charge in [0.1, 0.15) is 10.6 Å². The second-order valence-corrected chi connectivity index (χ2v) is 11.1. The molecule has 0 bridgehead atoms. The van der Waals surface area contributed by atoms with Crippen LogP contribution in [0, 0.1) is 6.92 Å². The molecule has 1 aliphatic heterocycles. The molecule has 0 atom stereocenters. The number of aromatic carboxylic acids is 1. The number of amides is 1. The molecule has 0 radical (unpaired) electrons. The third kappa shape index (κ3) is 6.52. The maximum absolute atomic E-state index is 13.6. The molecule has 3 N–H and O–H groups in total. The van der Waals surface area contributed by atoms with Crippen molar-refractivity contribution in [1.29, 1.82) is 0 Å². The fourth-order valence-electron chi connectivity index (χ4n) is 4.37. The molecule has 2 aromatic heterocycles. The first-order chi connectivity index (χ1) is 20.2. The molecule has 1 saturated heterocycles. The van der Waals surface area contributed by atoms with E-state index in [-0.39, 0.29) is 45.8 Å². The number of hydrogen-bond donors (Lipinski definition) is 3. The number of anilines is 1. The van der Waals surface area contributed by atoms with Crippen LogP contribution >= 0.6 is 0 Å². The van der Waals surface area contributed by atoms with Crippen molar-refractivity contribution in [2.24, 2.45) is 0 Å². The number of nitrogens with one attached hydrogen (secondary N) is 2. The molecule has 42 heavy (non-hydrogen) atoms. The minimum atomic E-state index is -4.18. The summed E-state index contributed by atoms with van der Waals surface area (Å²) in [5.41, 5.74) is 0.643. The molecule has 0 spiro atoms. The van der Waals surface area contributed by atoms with Gasteiger partial charge in [0.05, 0.1) is 25.2 Å². The van der Waals surface area contributed by atoms with Gasteiger partial charge in [-0.1, -0.05) is 18.2 Å². The van der Waals surface area contributed by atoms with Gasteiger partial charge in [0.2, 0.25) is 15.9 Å². The molecule has 0 aliphatic carbocycles. The summed E-state index contributed by atoms with van der Waals surface area (Å²) in [5.74, 6) is -1.85. The number of aromatic nitrogens is 2. The Balaban J connectivity index is 1.50. The zero-order valence-corrected chi connectivity index (χ0v) is 23.5. The van der Waals surface area contributed by atoms with Crippen molar-refractivity contribution in [1.82, 2.24) is 19.4 Å². The third-order valence-corrected chi connectivity index (χ3v) is 8.02. The number of sulfonamides is 1. The van der Waals surface area contributed by atoms with E-state index >= 15 is 0 Å². The maximum atomic E-state index is 13.6. The number of rotatable bonds is 11. The Kier molecular flexibility index (Phi) is 8.68. The summed E-state index contributed by atoms with van der Waals surface area (Å²) in [4.78, 5) is 26.3. The molecule has 1 aliphatic rings. The largest absolute Gasteiger partial charge is 0.476 e. The quantitative estimate of drug-likeness (QED) is 0.235. The van der Waals surface area contributed by atoms with E-state index in [9.17, 15) is 23.1 Å². The number of nitrogens with zero attached hydrogens (tertiary/aromatic N) is 3. The van der Waals surface area contributed by atoms with Crippen LogP contribution in [0.3, 0.4) is 0 Å². The summed E-state index contributed by atoms with van der Waals surface area (Å²) in [6.45, 7) is 4.66. The number of carboxylic acid groups (broad SMARTS) is 1. The van der Waals surface area contributed by atoms with Gasteiger partial charge in [-0.25, -0.2) is 17.9 Å². The minimum Gasteiger partial charge on any atom is -0.476 e. The van der Waals surface area contributed by atoms with Crippen LogP contribution in [-0.2, 0) is 14.8 Å². The van der Waals surface area contributed by atoms with Crippen LogP contribution < -0.4 is 14.8 Å². The molecule has 14 heteroatoms. The van der Waals surface area contributed by atoms with Crippen LogP contribution in [0.15, 0.2) is 76.2 Å². The van der Waals surface area contributed by atoms with Crippen LogP contribution in [0.4, 0.5) is 5.69 Å². The molecule has 13 nitrogen and oxygen atoms in total. The number of morpholine rings is 1. The first kappa shape index (κ1) is 29.0. The van der Waals surface area contributed by atoms with Gasteiger partial charge in [0.25, 0.3) is 5.91 Å². The Labute approximate surface area is 241 Å². The van der Waals surface area contributed by atoms with E-state index in [1.807, 2.05) is 0 Å². The van der Waals surface area contributed by atoms with Gasteiger partial charge in [-0.05, 0) is 49.4 Å². The van der Waals surface area contributed by atoms with Gasteiger partial charge < -0.3 is 24.3 Å². The van der Waals surface area contributed by atoms with Crippen LogP contribution in [0.25, 0.3) is 5.69 Å². The van der Waals surface area contributed by atoms with Crippen molar-refractivity contribution in [3.63, 3.8) is 0 Å². The van der Waals surface area contributed by atoms with Crippen LogP contribution in [-0.4, -0.2) is 79.5 Å². The number of ether oxygens (including phenoxy) is 2. The van der Waals surface area contributed by atoms with Gasteiger partial charge in [-0.15, -0.1) is 0 Å². The fourth-order valence-corrected chi connectivity index (χ4v) is 5.55. The lowest BCUT2D eigenvalue weighted by molar-refractivity contribution is 0.0390. The van der Waals surface area contributed by atoms with Crippen LogP contribution in [0.5, 0.6) is 11.6 Å². The summed E-state index contributed by atoms with van der Waals surface area (Å²) in [6, 6.07) is 15.9. The van der Waals surface area contributed by atoms with Crippen LogP contribution in [0.2, 0.25) is 0 Å². The van der Waals surface area contributed by atoms with Crippen molar-refractivity contribution < 1.29 is 37.0 Å². The zero-order valence-electron chi connectivity index (χ0n) is 22.6. The lowest BCUT2D eigenvalue weighted by Crippen LogP contribution is -2.41. The number of furan rings is 1. The molecule has 1 amide bonds. The van der Waals surface area contributed by atoms with Crippen molar-refractivity contribution in [2.45, 2.75) is 11.8 Å². The third-order valence-electron chi connectivity index (χ3n) is 6.54. The molecule has 3 heterocycles. The maximum Gasteiger partial charge on any atom is 0.356 e. The van der Waals surface area contributed by atoms with Crippen molar-refractivity contribution in [3.05, 3.63) is 83.9 Å². The topological polar surface area (TPSA) is 165 Å². The molecule has 220 valence electrons. The lowest BCUT2D eigenvalue weighted by Gasteiger charge is -2.26. The molecule has 1 fully saturated rings. The van der Waals surface area contributed by atoms with Crippen LogP contribution in [0.1, 0.15) is 26.6 Å². The number of carbonyl (C=O) groups is 2. The number of carbonyl (C=O) groups excluding carboxylic acids is 1. The normalized spacial score (nSPS) is 14.0. The van der Waals surface area contributed by atoms with E-state index in [0.29, 0.717) is 38.5 Å². The second-order valence-electron chi connectivity index (χ2n) is 9.38.